The van der Waals surface area contributed by atoms with Gasteiger partial charge < -0.3 is 35.0 Å². The molecule has 2 rings (SSSR count). The van der Waals surface area contributed by atoms with Gasteiger partial charge in [0, 0.05) is 0 Å². The van der Waals surface area contributed by atoms with Gasteiger partial charge in [0.1, 0.15) is 36.8 Å². The van der Waals surface area contributed by atoms with Crippen LogP contribution in [0.4, 0.5) is 0 Å². The van der Waals surface area contributed by atoms with Gasteiger partial charge in [-0.1, -0.05) is 24.3 Å². The van der Waals surface area contributed by atoms with Crippen molar-refractivity contribution in [2.45, 2.75) is 37.3 Å². The largest absolute Gasteiger partial charge is 0.497 e. The van der Waals surface area contributed by atoms with E-state index in [4.69, 9.17) is 14.6 Å². The normalized spacial score (nSPS) is 16.8. The van der Waals surface area contributed by atoms with Crippen molar-refractivity contribution < 1.29 is 39.8 Å². The van der Waals surface area contributed by atoms with Crippen LogP contribution in [-0.4, -0.2) is 76.2 Å². The van der Waals surface area contributed by atoms with E-state index in [0.29, 0.717) is 5.56 Å². The molecule has 5 N–H and O–H groups in total. The van der Waals surface area contributed by atoms with E-state index in [1.165, 1.54) is 0 Å². The van der Waals surface area contributed by atoms with Crippen molar-refractivity contribution in [2.24, 2.45) is 0 Å². The molecule has 154 valence electrons. The first kappa shape index (κ1) is 22.1. The van der Waals surface area contributed by atoms with Crippen LogP contribution in [-0.2, 0) is 9.53 Å². The van der Waals surface area contributed by atoms with Crippen LogP contribution in [0.1, 0.15) is 18.4 Å². The SMILES string of the molecule is COc1ccc2cc([C@H](C)C(=O)OC[C@@H](O)[C@@H](O)[C@H](O)[C@H](O)CO)ccc2c1. The van der Waals surface area contributed by atoms with E-state index in [9.17, 15) is 25.2 Å². The van der Waals surface area contributed by atoms with Gasteiger partial charge in [-0.25, -0.2) is 0 Å². The van der Waals surface area contributed by atoms with Gasteiger partial charge in [0.15, 0.2) is 0 Å². The number of rotatable bonds is 9. The predicted octanol–water partition coefficient (Wildman–Crippen LogP) is -0.0690. The minimum Gasteiger partial charge on any atom is -0.497 e. The molecule has 2 aromatic carbocycles. The average Bonchev–Trinajstić information content (AvgIpc) is 2.73. The summed E-state index contributed by atoms with van der Waals surface area (Å²) in [6, 6.07) is 11.1. The van der Waals surface area contributed by atoms with E-state index in [0.717, 1.165) is 16.5 Å². The zero-order chi connectivity index (χ0) is 20.8. The minimum atomic E-state index is -1.78. The highest BCUT2D eigenvalue weighted by atomic mass is 16.5. The molecular formula is C20H26O8. The number of aliphatic hydroxyl groups excluding tert-OH is 5. The zero-order valence-corrected chi connectivity index (χ0v) is 15.7. The summed E-state index contributed by atoms with van der Waals surface area (Å²) in [7, 11) is 1.59. The van der Waals surface area contributed by atoms with Gasteiger partial charge in [0.25, 0.3) is 0 Å². The summed E-state index contributed by atoms with van der Waals surface area (Å²) in [6.45, 7) is 0.306. The maximum atomic E-state index is 12.3. The standard InChI is InChI=1S/C20H26O8/c1-11(12-3-4-14-8-15(27-2)6-5-13(14)7-12)20(26)28-10-17(23)19(25)18(24)16(22)9-21/h3-8,11,16-19,21-25H,9-10H2,1-2H3/t11-,16+,17+,18+,19+/m0/s1. The van der Waals surface area contributed by atoms with Crippen LogP contribution in [0.25, 0.3) is 10.8 Å². The van der Waals surface area contributed by atoms with Crippen LogP contribution in [0.15, 0.2) is 36.4 Å². The first-order valence-corrected chi connectivity index (χ1v) is 8.86. The van der Waals surface area contributed by atoms with Crippen molar-refractivity contribution in [1.29, 1.82) is 0 Å². The monoisotopic (exact) mass is 394 g/mol. The number of esters is 1. The molecule has 0 unspecified atom stereocenters. The zero-order valence-electron chi connectivity index (χ0n) is 15.7. The number of hydrogen-bond acceptors (Lipinski definition) is 8. The number of fused-ring (bicyclic) bond motifs is 1. The molecule has 0 aliphatic rings. The van der Waals surface area contributed by atoms with E-state index >= 15 is 0 Å². The van der Waals surface area contributed by atoms with E-state index in [1.807, 2.05) is 30.3 Å². The van der Waals surface area contributed by atoms with Crippen molar-refractivity contribution in [3.8, 4) is 5.75 Å². The summed E-state index contributed by atoms with van der Waals surface area (Å²) >= 11 is 0. The lowest BCUT2D eigenvalue weighted by molar-refractivity contribution is -0.157. The summed E-state index contributed by atoms with van der Waals surface area (Å²) in [5, 5.41) is 49.1. The molecule has 0 radical (unpaired) electrons. The third-order valence-electron chi connectivity index (χ3n) is 4.65. The Bertz CT molecular complexity index is 793. The Morgan fingerprint density at radius 1 is 0.964 bits per heavy atom. The Morgan fingerprint density at radius 2 is 1.57 bits per heavy atom. The van der Waals surface area contributed by atoms with E-state index in [-0.39, 0.29) is 0 Å². The molecule has 0 aliphatic carbocycles. The first-order chi connectivity index (χ1) is 13.3. The number of hydrogen-bond donors (Lipinski definition) is 5. The topological polar surface area (TPSA) is 137 Å². The lowest BCUT2D eigenvalue weighted by atomic mass is 9.97. The fraction of sp³-hybridized carbons (Fsp3) is 0.450. The number of ether oxygens (including phenoxy) is 2. The number of carbonyl (C=O) groups is 1. The summed E-state index contributed by atoms with van der Waals surface area (Å²) < 4.78 is 10.2. The Balaban J connectivity index is 1.99. The molecule has 0 saturated heterocycles. The van der Waals surface area contributed by atoms with Gasteiger partial charge >= 0.3 is 5.97 Å². The highest BCUT2D eigenvalue weighted by molar-refractivity contribution is 5.86. The van der Waals surface area contributed by atoms with Crippen molar-refractivity contribution in [2.75, 3.05) is 20.3 Å². The van der Waals surface area contributed by atoms with Gasteiger partial charge in [-0.05, 0) is 35.4 Å². The molecule has 0 heterocycles. The van der Waals surface area contributed by atoms with Crippen molar-refractivity contribution in [3.05, 3.63) is 42.0 Å². The second kappa shape index (κ2) is 9.81. The summed E-state index contributed by atoms with van der Waals surface area (Å²) in [5.41, 5.74) is 0.716. The first-order valence-electron chi connectivity index (χ1n) is 8.86. The molecule has 0 bridgehead atoms. The Hall–Kier alpha value is -2.23. The fourth-order valence-electron chi connectivity index (χ4n) is 2.73. The highest BCUT2D eigenvalue weighted by Gasteiger charge is 2.31. The molecule has 0 saturated carbocycles. The van der Waals surface area contributed by atoms with Crippen LogP contribution < -0.4 is 4.74 Å². The molecule has 0 aliphatic heterocycles. The minimum absolute atomic E-state index is 0.565. The summed E-state index contributed by atoms with van der Waals surface area (Å²) in [4.78, 5) is 12.3. The average molecular weight is 394 g/mol. The summed E-state index contributed by atoms with van der Waals surface area (Å²) in [5.74, 6) is -0.506. The number of carbonyl (C=O) groups excluding carboxylic acids is 1. The van der Waals surface area contributed by atoms with Gasteiger partial charge in [-0.15, -0.1) is 0 Å². The highest BCUT2D eigenvalue weighted by Crippen LogP contribution is 2.25. The Kier molecular flexibility index (Phi) is 7.73. The second-order valence-corrected chi connectivity index (χ2v) is 6.62. The number of methoxy groups -OCH3 is 1. The third kappa shape index (κ3) is 5.18. The molecule has 0 aromatic heterocycles. The molecular weight excluding hydrogens is 368 g/mol. The molecule has 0 amide bonds. The van der Waals surface area contributed by atoms with Crippen molar-refractivity contribution >= 4 is 16.7 Å². The molecule has 28 heavy (non-hydrogen) atoms. The fourth-order valence-corrected chi connectivity index (χ4v) is 2.73. The Morgan fingerprint density at radius 3 is 2.21 bits per heavy atom. The van der Waals surface area contributed by atoms with Gasteiger partial charge in [0.2, 0.25) is 0 Å². The van der Waals surface area contributed by atoms with Crippen LogP contribution in [0.3, 0.4) is 0 Å². The maximum absolute atomic E-state index is 12.3. The molecule has 8 nitrogen and oxygen atoms in total. The smallest absolute Gasteiger partial charge is 0.313 e. The van der Waals surface area contributed by atoms with E-state index < -0.39 is 49.5 Å². The van der Waals surface area contributed by atoms with Crippen LogP contribution in [0, 0.1) is 0 Å². The molecule has 5 atom stereocenters. The van der Waals surface area contributed by atoms with E-state index in [2.05, 4.69) is 0 Å². The van der Waals surface area contributed by atoms with Crippen LogP contribution in [0.2, 0.25) is 0 Å². The quantitative estimate of drug-likeness (QED) is 0.373. The third-order valence-corrected chi connectivity index (χ3v) is 4.65. The molecule has 0 spiro atoms. The number of aliphatic hydroxyl groups is 5. The lowest BCUT2D eigenvalue weighted by Crippen LogP contribution is -2.47. The summed E-state index contributed by atoms with van der Waals surface area (Å²) in [6.07, 6.45) is -6.78. The predicted molar refractivity (Wildman–Crippen MR) is 101 cm³/mol. The van der Waals surface area contributed by atoms with Gasteiger partial charge in [-0.3, -0.25) is 4.79 Å². The maximum Gasteiger partial charge on any atom is 0.313 e. The Labute approximate surface area is 162 Å². The van der Waals surface area contributed by atoms with Gasteiger partial charge in [0.05, 0.1) is 19.6 Å². The molecule has 8 heteroatoms. The second-order valence-electron chi connectivity index (χ2n) is 6.62. The van der Waals surface area contributed by atoms with Crippen molar-refractivity contribution in [3.63, 3.8) is 0 Å². The van der Waals surface area contributed by atoms with Gasteiger partial charge in [-0.2, -0.15) is 0 Å². The molecule has 0 fully saturated rings. The molecule has 2 aromatic rings. The van der Waals surface area contributed by atoms with E-state index in [1.54, 1.807) is 20.1 Å². The van der Waals surface area contributed by atoms with Crippen LogP contribution in [0.5, 0.6) is 5.75 Å². The lowest BCUT2D eigenvalue weighted by Gasteiger charge is -2.25. The van der Waals surface area contributed by atoms with Crippen molar-refractivity contribution in [1.82, 2.24) is 0 Å². The number of benzene rings is 2. The van der Waals surface area contributed by atoms with Crippen LogP contribution >= 0.6 is 0 Å².